The molecule has 0 aromatic heterocycles. The van der Waals surface area contributed by atoms with Crippen LogP contribution in [0.3, 0.4) is 0 Å². The minimum atomic E-state index is -3.55. The molecule has 0 spiro atoms. The Bertz CT molecular complexity index is 758. The van der Waals surface area contributed by atoms with Gasteiger partial charge in [-0.1, -0.05) is 41.4 Å². The lowest BCUT2D eigenvalue weighted by Crippen LogP contribution is -2.09. The van der Waals surface area contributed by atoms with Crippen LogP contribution in [0.5, 0.6) is 0 Å². The molecule has 0 fully saturated rings. The average molecular weight is 330 g/mol. The third kappa shape index (κ3) is 3.08. The van der Waals surface area contributed by atoms with Gasteiger partial charge < -0.3 is 5.73 Å². The fourth-order valence-corrected chi connectivity index (χ4v) is 4.00. The van der Waals surface area contributed by atoms with Crippen LogP contribution in [-0.4, -0.2) is 8.42 Å². The number of benzene rings is 2. The molecule has 0 aliphatic rings. The molecule has 0 radical (unpaired) electrons. The van der Waals surface area contributed by atoms with E-state index >= 15 is 0 Å². The molecular formula is C14H13Cl2NO2S. The van der Waals surface area contributed by atoms with Crippen LogP contribution in [0.15, 0.2) is 41.3 Å². The Balaban J connectivity index is 2.44. The molecule has 3 nitrogen and oxygen atoms in total. The number of rotatable bonds is 3. The summed E-state index contributed by atoms with van der Waals surface area (Å²) < 4.78 is 24.9. The lowest BCUT2D eigenvalue weighted by molar-refractivity contribution is 0.595. The molecule has 2 aromatic carbocycles. The number of sulfone groups is 1. The molecule has 0 unspecified atom stereocenters. The van der Waals surface area contributed by atoms with Crippen molar-refractivity contribution in [3.05, 3.63) is 57.6 Å². The van der Waals surface area contributed by atoms with E-state index in [-0.39, 0.29) is 16.3 Å². The van der Waals surface area contributed by atoms with Crippen molar-refractivity contribution in [2.75, 3.05) is 5.73 Å². The molecule has 20 heavy (non-hydrogen) atoms. The highest BCUT2D eigenvalue weighted by atomic mass is 35.5. The normalized spacial score (nSPS) is 11.6. The summed E-state index contributed by atoms with van der Waals surface area (Å²) in [4.78, 5) is 0.128. The summed E-state index contributed by atoms with van der Waals surface area (Å²) in [5, 5.41) is 0.790. The van der Waals surface area contributed by atoms with Crippen molar-refractivity contribution in [1.29, 1.82) is 0 Å². The van der Waals surface area contributed by atoms with Crippen LogP contribution in [-0.2, 0) is 15.6 Å². The maximum atomic E-state index is 12.4. The first kappa shape index (κ1) is 15.2. The van der Waals surface area contributed by atoms with Gasteiger partial charge in [-0.25, -0.2) is 8.42 Å². The maximum Gasteiger partial charge on any atom is 0.184 e. The second-order valence-electron chi connectivity index (χ2n) is 4.48. The SMILES string of the molecule is Cc1cccc(S(=O)(=O)Cc2ccc(Cl)cc2Cl)c1N. The Morgan fingerprint density at radius 1 is 1.15 bits per heavy atom. The predicted octanol–water partition coefficient (Wildman–Crippen LogP) is 3.86. The van der Waals surface area contributed by atoms with Crippen molar-refractivity contribution in [2.24, 2.45) is 0 Å². The topological polar surface area (TPSA) is 60.2 Å². The van der Waals surface area contributed by atoms with Gasteiger partial charge >= 0.3 is 0 Å². The van der Waals surface area contributed by atoms with E-state index in [2.05, 4.69) is 0 Å². The van der Waals surface area contributed by atoms with Gasteiger partial charge in [0.2, 0.25) is 0 Å². The molecule has 0 heterocycles. The molecule has 2 N–H and O–H groups in total. The van der Waals surface area contributed by atoms with E-state index in [1.165, 1.54) is 12.1 Å². The minimum absolute atomic E-state index is 0.128. The Labute approximate surface area is 128 Å². The number of nitrogen functional groups attached to an aromatic ring is 1. The van der Waals surface area contributed by atoms with Crippen LogP contribution in [0, 0.1) is 6.92 Å². The molecular weight excluding hydrogens is 317 g/mol. The Kier molecular flexibility index (Phi) is 4.28. The largest absolute Gasteiger partial charge is 0.397 e. The van der Waals surface area contributed by atoms with Gasteiger partial charge in [-0.05, 0) is 36.2 Å². The summed E-state index contributed by atoms with van der Waals surface area (Å²) in [5.41, 5.74) is 7.35. The van der Waals surface area contributed by atoms with Crippen LogP contribution in [0.1, 0.15) is 11.1 Å². The fourth-order valence-electron chi connectivity index (χ4n) is 1.85. The molecule has 0 amide bonds. The van der Waals surface area contributed by atoms with Gasteiger partial charge in [0.25, 0.3) is 0 Å². The average Bonchev–Trinajstić information content (AvgIpc) is 2.36. The van der Waals surface area contributed by atoms with E-state index in [1.807, 2.05) is 0 Å². The number of para-hydroxylation sites is 1. The smallest absolute Gasteiger partial charge is 0.184 e. The molecule has 6 heteroatoms. The van der Waals surface area contributed by atoms with Crippen molar-refractivity contribution in [2.45, 2.75) is 17.6 Å². The van der Waals surface area contributed by atoms with Crippen molar-refractivity contribution < 1.29 is 8.42 Å². The van der Waals surface area contributed by atoms with Gasteiger partial charge in [-0.15, -0.1) is 0 Å². The Morgan fingerprint density at radius 3 is 2.50 bits per heavy atom. The molecule has 0 bridgehead atoms. The summed E-state index contributed by atoms with van der Waals surface area (Å²) in [6, 6.07) is 9.67. The zero-order chi connectivity index (χ0) is 14.9. The maximum absolute atomic E-state index is 12.4. The first-order valence-corrected chi connectivity index (χ1v) is 8.24. The van der Waals surface area contributed by atoms with Gasteiger partial charge in [0, 0.05) is 10.0 Å². The summed E-state index contributed by atoms with van der Waals surface area (Å²) in [6.07, 6.45) is 0. The van der Waals surface area contributed by atoms with E-state index in [0.717, 1.165) is 5.56 Å². The van der Waals surface area contributed by atoms with Crippen LogP contribution >= 0.6 is 23.2 Å². The summed E-state index contributed by atoms with van der Waals surface area (Å²) in [6.45, 7) is 1.77. The molecule has 2 rings (SSSR count). The van der Waals surface area contributed by atoms with Crippen molar-refractivity contribution in [3.63, 3.8) is 0 Å². The second kappa shape index (κ2) is 5.64. The van der Waals surface area contributed by atoms with E-state index in [9.17, 15) is 8.42 Å². The number of nitrogens with two attached hydrogens (primary N) is 1. The lowest BCUT2D eigenvalue weighted by atomic mass is 10.2. The standard InChI is InChI=1S/C14H13Cl2NO2S/c1-9-3-2-4-13(14(9)17)20(18,19)8-10-5-6-11(15)7-12(10)16/h2-7H,8,17H2,1H3. The van der Waals surface area contributed by atoms with E-state index in [1.54, 1.807) is 31.2 Å². The van der Waals surface area contributed by atoms with Gasteiger partial charge in [-0.3, -0.25) is 0 Å². The third-order valence-corrected chi connectivity index (χ3v) is 5.28. The molecule has 2 aromatic rings. The highest BCUT2D eigenvalue weighted by Crippen LogP contribution is 2.28. The van der Waals surface area contributed by atoms with Crippen molar-refractivity contribution in [1.82, 2.24) is 0 Å². The highest BCUT2D eigenvalue weighted by molar-refractivity contribution is 7.90. The number of aryl methyl sites for hydroxylation is 1. The monoisotopic (exact) mass is 329 g/mol. The molecule has 0 aliphatic carbocycles. The van der Waals surface area contributed by atoms with Gasteiger partial charge in [0.1, 0.15) is 0 Å². The van der Waals surface area contributed by atoms with Crippen molar-refractivity contribution >= 4 is 38.7 Å². The summed E-state index contributed by atoms with van der Waals surface area (Å²) in [5.74, 6) is -0.212. The van der Waals surface area contributed by atoms with E-state index in [0.29, 0.717) is 15.6 Å². The number of hydrogen-bond acceptors (Lipinski definition) is 3. The minimum Gasteiger partial charge on any atom is -0.397 e. The summed E-state index contributed by atoms with van der Waals surface area (Å²) in [7, 11) is -3.55. The molecule has 0 saturated carbocycles. The molecule has 0 atom stereocenters. The molecule has 106 valence electrons. The van der Waals surface area contributed by atoms with Gasteiger partial charge in [0.15, 0.2) is 9.84 Å². The molecule has 0 aliphatic heterocycles. The highest BCUT2D eigenvalue weighted by Gasteiger charge is 2.20. The fraction of sp³-hybridized carbons (Fsp3) is 0.143. The van der Waals surface area contributed by atoms with Gasteiger partial charge in [0.05, 0.1) is 16.3 Å². The van der Waals surface area contributed by atoms with Crippen molar-refractivity contribution in [3.8, 4) is 0 Å². The first-order chi connectivity index (χ1) is 9.31. The number of hydrogen-bond donors (Lipinski definition) is 1. The predicted molar refractivity (Wildman–Crippen MR) is 82.9 cm³/mol. The summed E-state index contributed by atoms with van der Waals surface area (Å²) >= 11 is 11.8. The Hall–Kier alpha value is -1.23. The zero-order valence-electron chi connectivity index (χ0n) is 10.7. The van der Waals surface area contributed by atoms with Crippen LogP contribution < -0.4 is 5.73 Å². The quantitative estimate of drug-likeness (QED) is 0.870. The zero-order valence-corrected chi connectivity index (χ0v) is 13.1. The second-order valence-corrected chi connectivity index (χ2v) is 7.28. The number of halogens is 2. The third-order valence-electron chi connectivity index (χ3n) is 2.98. The lowest BCUT2D eigenvalue weighted by Gasteiger charge is -2.10. The Morgan fingerprint density at radius 2 is 1.85 bits per heavy atom. The van der Waals surface area contributed by atoms with E-state index < -0.39 is 9.84 Å². The number of anilines is 1. The van der Waals surface area contributed by atoms with Gasteiger partial charge in [-0.2, -0.15) is 0 Å². The van der Waals surface area contributed by atoms with E-state index in [4.69, 9.17) is 28.9 Å². The first-order valence-electron chi connectivity index (χ1n) is 5.83. The van der Waals surface area contributed by atoms with Crippen LogP contribution in [0.2, 0.25) is 10.0 Å². The van der Waals surface area contributed by atoms with Crippen LogP contribution in [0.25, 0.3) is 0 Å². The molecule has 0 saturated heterocycles. The van der Waals surface area contributed by atoms with Crippen LogP contribution in [0.4, 0.5) is 5.69 Å².